The first kappa shape index (κ1) is 33.2. The molecule has 2 heterocycles. The quantitative estimate of drug-likeness (QED) is 0.265. The number of hydroxylamine groups is 2. The van der Waals surface area contributed by atoms with Gasteiger partial charge in [-0.2, -0.15) is 5.06 Å². The molecular weight excluding hydrogens is 582 g/mol. The molecule has 1 fully saturated rings. The maximum Gasteiger partial charge on any atom is 0.325 e. The molecule has 234 valence electrons. The van der Waals surface area contributed by atoms with Crippen molar-refractivity contribution >= 4 is 27.0 Å². The fourth-order valence-corrected chi connectivity index (χ4v) is 11.4. The molecule has 1 aliphatic rings. The maximum absolute atomic E-state index is 16.6. The van der Waals surface area contributed by atoms with Gasteiger partial charge in [-0.25, -0.2) is 9.18 Å². The lowest BCUT2D eigenvalue weighted by atomic mass is 10.0. The number of nitrogens with one attached hydrogen (secondary N) is 2. The van der Waals surface area contributed by atoms with E-state index in [-0.39, 0.29) is 22.2 Å². The van der Waals surface area contributed by atoms with Crippen molar-refractivity contribution in [3.8, 4) is 0 Å². The number of hydrogen-bond donors (Lipinski definition) is 2. The van der Waals surface area contributed by atoms with E-state index in [0.29, 0.717) is 0 Å². The van der Waals surface area contributed by atoms with Crippen molar-refractivity contribution in [3.63, 3.8) is 0 Å². The van der Waals surface area contributed by atoms with Crippen LogP contribution in [-0.4, -0.2) is 63.6 Å². The number of halogens is 1. The highest BCUT2D eigenvalue weighted by Gasteiger charge is 2.54. The number of alkyl halides is 1. The fraction of sp³-hybridized carbons (Fsp3) is 0.500. The number of likely N-dealkylation sites (N-methyl/N-ethyl adjacent to an activating group) is 1. The van der Waals surface area contributed by atoms with Crippen molar-refractivity contribution in [2.75, 3.05) is 13.7 Å². The van der Waals surface area contributed by atoms with Gasteiger partial charge in [0.25, 0.3) is 13.9 Å². The lowest BCUT2D eigenvalue weighted by molar-refractivity contribution is -0.119. The van der Waals surface area contributed by atoms with Gasteiger partial charge in [-0.05, 0) is 33.5 Å². The molecule has 3 aromatic rings. The van der Waals surface area contributed by atoms with E-state index in [1.807, 2.05) is 36.4 Å². The van der Waals surface area contributed by atoms with Crippen LogP contribution in [0.5, 0.6) is 0 Å². The number of rotatable bonds is 9. The van der Waals surface area contributed by atoms with Gasteiger partial charge in [-0.15, -0.1) is 0 Å². The second-order valence-corrected chi connectivity index (χ2v) is 22.9. The Morgan fingerprint density at radius 2 is 1.44 bits per heavy atom. The van der Waals surface area contributed by atoms with Crippen LogP contribution < -0.4 is 21.6 Å². The van der Waals surface area contributed by atoms with E-state index < -0.39 is 52.3 Å². The van der Waals surface area contributed by atoms with Gasteiger partial charge in [0, 0.05) is 13.2 Å². The predicted molar refractivity (Wildman–Crippen MR) is 174 cm³/mol. The highest BCUT2D eigenvalue weighted by atomic mass is 28.4. The number of nitrogens with zero attached hydrogens (tertiary/aromatic N) is 1. The Bertz CT molecular complexity index is 1450. The number of hydrogen-bond acceptors (Lipinski definition) is 6. The second-order valence-electron chi connectivity index (χ2n) is 13.9. The maximum atomic E-state index is 16.6. The number of aromatic nitrogens is 2. The van der Waals surface area contributed by atoms with Crippen molar-refractivity contribution in [1.82, 2.24) is 15.0 Å². The second kappa shape index (κ2) is 12.4. The summed E-state index contributed by atoms with van der Waals surface area (Å²) in [7, 11) is -3.59. The Kier molecular flexibility index (Phi) is 9.56. The summed E-state index contributed by atoms with van der Waals surface area (Å²) in [5.41, 5.74) is -1.33. The molecule has 43 heavy (non-hydrogen) atoms. The Morgan fingerprint density at radius 3 is 1.91 bits per heavy atom. The summed E-state index contributed by atoms with van der Waals surface area (Å²) in [6.45, 7) is 17.2. The monoisotopic (exact) mass is 627 g/mol. The average Bonchev–Trinajstić information content (AvgIpc) is 3.24. The zero-order valence-electron chi connectivity index (χ0n) is 26.7. The molecular formula is C32H46FN3O5Si2. The molecule has 0 aliphatic carbocycles. The van der Waals surface area contributed by atoms with Crippen molar-refractivity contribution < 1.29 is 18.1 Å². The Labute approximate surface area is 255 Å². The van der Waals surface area contributed by atoms with Gasteiger partial charge in [0.1, 0.15) is 12.2 Å². The highest BCUT2D eigenvalue weighted by molar-refractivity contribution is 6.99. The van der Waals surface area contributed by atoms with E-state index in [4.69, 9.17) is 13.7 Å². The molecule has 2 N–H and O–H groups in total. The van der Waals surface area contributed by atoms with Gasteiger partial charge < -0.3 is 18.7 Å². The Hall–Kier alpha value is -2.68. The molecule has 0 radical (unpaired) electrons. The first-order valence-corrected chi connectivity index (χ1v) is 19.6. The molecule has 0 saturated carbocycles. The van der Waals surface area contributed by atoms with Crippen molar-refractivity contribution in [2.45, 2.75) is 89.1 Å². The molecule has 11 heteroatoms. The van der Waals surface area contributed by atoms with Crippen LogP contribution in [0.3, 0.4) is 0 Å². The van der Waals surface area contributed by atoms with E-state index in [0.717, 1.165) is 10.4 Å². The van der Waals surface area contributed by atoms with Crippen molar-refractivity contribution in [2.24, 2.45) is 0 Å². The number of aromatic amines is 2. The predicted octanol–water partition coefficient (Wildman–Crippen LogP) is 4.66. The van der Waals surface area contributed by atoms with Crippen LogP contribution >= 0.6 is 0 Å². The first-order valence-electron chi connectivity index (χ1n) is 14.8. The van der Waals surface area contributed by atoms with E-state index >= 15 is 4.39 Å². The van der Waals surface area contributed by atoms with Crippen LogP contribution in [0.2, 0.25) is 23.2 Å². The number of benzene rings is 2. The largest absolute Gasteiger partial charge is 0.405 e. The van der Waals surface area contributed by atoms with E-state index in [1.165, 1.54) is 6.20 Å². The zero-order chi connectivity index (χ0) is 31.8. The molecule has 0 bridgehead atoms. The third-order valence-electron chi connectivity index (χ3n) is 8.95. The molecule has 1 aliphatic heterocycles. The van der Waals surface area contributed by atoms with Gasteiger partial charge in [-0.1, -0.05) is 102 Å². The van der Waals surface area contributed by atoms with Gasteiger partial charge in [-0.3, -0.25) is 9.78 Å². The number of ether oxygens (including phenoxy) is 1. The van der Waals surface area contributed by atoms with E-state index in [2.05, 4.69) is 88.9 Å². The van der Waals surface area contributed by atoms with Crippen molar-refractivity contribution in [1.29, 1.82) is 0 Å². The summed E-state index contributed by atoms with van der Waals surface area (Å²) in [5, 5.41) is 3.36. The zero-order valence-corrected chi connectivity index (χ0v) is 28.7. The molecule has 0 amide bonds. The van der Waals surface area contributed by atoms with Gasteiger partial charge in [0.15, 0.2) is 6.17 Å². The minimum atomic E-state index is -2.97. The van der Waals surface area contributed by atoms with Crippen molar-refractivity contribution in [3.05, 3.63) is 93.3 Å². The van der Waals surface area contributed by atoms with Gasteiger partial charge >= 0.3 is 5.69 Å². The van der Waals surface area contributed by atoms with Crippen LogP contribution in [0.4, 0.5) is 4.39 Å². The molecule has 1 aromatic heterocycles. The number of H-pyrrole nitrogens is 2. The third-order valence-corrected chi connectivity index (χ3v) is 18.3. The highest BCUT2D eigenvalue weighted by Crippen LogP contribution is 2.42. The molecule has 8 nitrogen and oxygen atoms in total. The molecule has 0 spiro atoms. The minimum Gasteiger partial charge on any atom is -0.405 e. The lowest BCUT2D eigenvalue weighted by Gasteiger charge is -2.44. The Balaban J connectivity index is 1.78. The minimum absolute atomic E-state index is 0.0192. The summed E-state index contributed by atoms with van der Waals surface area (Å²) in [4.78, 5) is 29.1. The third kappa shape index (κ3) is 6.57. The summed E-state index contributed by atoms with van der Waals surface area (Å²) in [6.07, 6.45) is -2.39. The van der Waals surface area contributed by atoms with Gasteiger partial charge in [0.05, 0.1) is 18.2 Å². The molecule has 4 atom stereocenters. The SMILES string of the molecule is CN(O[Si](C)(C)C(C)(C)C)[C@H]1[C@H](F)C(c2c[nH]c(=O)[nH]c2=O)O[C@@H]1CO[Si](c1ccccc1)(c1ccccc1)C(C)(C)C. The fourth-order valence-electron chi connectivity index (χ4n) is 5.70. The standard InChI is InChI=1S/C32H46FN3O5Si2/c1-31(2,3)42(8,9)41-36(7)27-25(40-28(26(27)33)24-20-34-30(38)35-29(24)37)21-39-43(32(4,5)6,22-16-12-10-13-17-22)23-18-14-11-15-19-23/h10-20,25-28H,21H2,1-9H3,(H2,34,35,37,38)/t25-,26+,27-,28?/m1/s1. The average molecular weight is 628 g/mol. The first-order chi connectivity index (χ1) is 20.0. The van der Waals surface area contributed by atoms with E-state index in [1.54, 1.807) is 12.1 Å². The van der Waals surface area contributed by atoms with Crippen LogP contribution in [0, 0.1) is 0 Å². The summed E-state index contributed by atoms with van der Waals surface area (Å²) in [6, 6.07) is 19.6. The smallest absolute Gasteiger partial charge is 0.325 e. The Morgan fingerprint density at radius 1 is 0.907 bits per heavy atom. The summed E-state index contributed by atoms with van der Waals surface area (Å²) < 4.78 is 36.6. The molecule has 1 saturated heterocycles. The van der Waals surface area contributed by atoms with E-state index in [9.17, 15) is 9.59 Å². The van der Waals surface area contributed by atoms with Crippen LogP contribution in [-0.2, 0) is 13.7 Å². The normalized spacial score (nSPS) is 21.8. The molecule has 1 unspecified atom stereocenters. The molecule has 4 rings (SSSR count). The topological polar surface area (TPSA) is 96.7 Å². The van der Waals surface area contributed by atoms with Crippen LogP contribution in [0.1, 0.15) is 53.2 Å². The lowest BCUT2D eigenvalue weighted by Crippen LogP contribution is -2.67. The molecule has 2 aromatic carbocycles. The van der Waals surface area contributed by atoms with Crippen LogP contribution in [0.15, 0.2) is 76.4 Å². The van der Waals surface area contributed by atoms with Crippen LogP contribution in [0.25, 0.3) is 0 Å². The van der Waals surface area contributed by atoms with Gasteiger partial charge in [0.2, 0.25) is 8.32 Å². The summed E-state index contributed by atoms with van der Waals surface area (Å²) in [5.74, 6) is 0. The summed E-state index contributed by atoms with van der Waals surface area (Å²) >= 11 is 0.